The van der Waals surface area contributed by atoms with Crippen molar-refractivity contribution in [3.8, 4) is 17.1 Å². The van der Waals surface area contributed by atoms with Crippen molar-refractivity contribution in [1.29, 1.82) is 0 Å². The van der Waals surface area contributed by atoms with Gasteiger partial charge >= 0.3 is 0 Å². The lowest BCUT2D eigenvalue weighted by molar-refractivity contribution is 0.476. The first-order valence-electron chi connectivity index (χ1n) is 6.65. The van der Waals surface area contributed by atoms with Crippen LogP contribution in [0.2, 0.25) is 5.02 Å². The van der Waals surface area contributed by atoms with Gasteiger partial charge in [0.2, 0.25) is 0 Å². The van der Waals surface area contributed by atoms with Gasteiger partial charge in [-0.15, -0.1) is 0 Å². The van der Waals surface area contributed by atoms with Gasteiger partial charge < -0.3 is 9.67 Å². The fourth-order valence-corrected chi connectivity index (χ4v) is 2.59. The third kappa shape index (κ3) is 2.14. The van der Waals surface area contributed by atoms with E-state index in [1.165, 1.54) is 0 Å². The number of hydrogen-bond acceptors (Lipinski definition) is 2. The molecule has 0 spiro atoms. The summed E-state index contributed by atoms with van der Waals surface area (Å²) in [5.41, 5.74) is 2.63. The minimum Gasteiger partial charge on any atom is -0.507 e. The second-order valence-electron chi connectivity index (χ2n) is 4.74. The summed E-state index contributed by atoms with van der Waals surface area (Å²) < 4.78 is 2.13. The van der Waals surface area contributed by atoms with Crippen LogP contribution < -0.4 is 0 Å². The third-order valence-electron chi connectivity index (χ3n) is 3.30. The third-order valence-corrected chi connectivity index (χ3v) is 3.54. The summed E-state index contributed by atoms with van der Waals surface area (Å²) >= 11 is 6.04. The predicted molar refractivity (Wildman–Crippen MR) is 82.1 cm³/mol. The SMILES string of the molecule is CCCn1c(-c2ccccc2O)nc2cc(Cl)ccc21. The Bertz CT molecular complexity index is 764. The van der Waals surface area contributed by atoms with Gasteiger partial charge in [0.1, 0.15) is 11.6 Å². The van der Waals surface area contributed by atoms with E-state index in [-0.39, 0.29) is 5.75 Å². The molecule has 1 aromatic heterocycles. The first kappa shape index (κ1) is 13.0. The molecule has 0 aliphatic rings. The molecule has 0 saturated heterocycles. The van der Waals surface area contributed by atoms with E-state index in [4.69, 9.17) is 11.6 Å². The maximum absolute atomic E-state index is 10.1. The molecular formula is C16H15ClN2O. The second-order valence-corrected chi connectivity index (χ2v) is 5.17. The summed E-state index contributed by atoms with van der Waals surface area (Å²) in [6.45, 7) is 2.97. The lowest BCUT2D eigenvalue weighted by atomic mass is 10.2. The van der Waals surface area contributed by atoms with Gasteiger partial charge in [-0.3, -0.25) is 0 Å². The minimum atomic E-state index is 0.242. The molecule has 0 unspecified atom stereocenters. The van der Waals surface area contributed by atoms with Gasteiger partial charge in [-0.2, -0.15) is 0 Å². The molecule has 0 amide bonds. The molecular weight excluding hydrogens is 272 g/mol. The lowest BCUT2D eigenvalue weighted by Gasteiger charge is -2.08. The van der Waals surface area contributed by atoms with E-state index in [0.717, 1.165) is 35.4 Å². The van der Waals surface area contributed by atoms with Gasteiger partial charge in [0.25, 0.3) is 0 Å². The Morgan fingerprint density at radius 3 is 2.75 bits per heavy atom. The summed E-state index contributed by atoms with van der Waals surface area (Å²) in [4.78, 5) is 4.64. The first-order valence-corrected chi connectivity index (χ1v) is 7.02. The number of phenols is 1. The average molecular weight is 287 g/mol. The molecule has 3 nitrogen and oxygen atoms in total. The van der Waals surface area contributed by atoms with Crippen LogP contribution in [0.4, 0.5) is 0 Å². The van der Waals surface area contributed by atoms with E-state index >= 15 is 0 Å². The first-order chi connectivity index (χ1) is 9.70. The molecule has 0 aliphatic heterocycles. The van der Waals surface area contributed by atoms with Crippen molar-refractivity contribution >= 4 is 22.6 Å². The maximum Gasteiger partial charge on any atom is 0.144 e. The number of para-hydroxylation sites is 1. The van der Waals surface area contributed by atoms with Crippen LogP contribution in [-0.4, -0.2) is 14.7 Å². The van der Waals surface area contributed by atoms with Gasteiger partial charge in [0.05, 0.1) is 16.6 Å². The zero-order valence-corrected chi connectivity index (χ0v) is 11.9. The number of aryl methyl sites for hydroxylation is 1. The van der Waals surface area contributed by atoms with E-state index in [1.807, 2.05) is 36.4 Å². The van der Waals surface area contributed by atoms with Gasteiger partial charge in [0.15, 0.2) is 0 Å². The van der Waals surface area contributed by atoms with Gasteiger partial charge in [0, 0.05) is 11.6 Å². The molecule has 1 heterocycles. The number of phenolic OH excluding ortho intramolecular Hbond substituents is 1. The molecule has 3 aromatic rings. The van der Waals surface area contributed by atoms with Crippen LogP contribution in [0.25, 0.3) is 22.4 Å². The van der Waals surface area contributed by atoms with E-state index in [2.05, 4.69) is 16.5 Å². The van der Waals surface area contributed by atoms with E-state index in [9.17, 15) is 5.11 Å². The Kier molecular flexibility index (Phi) is 3.36. The monoisotopic (exact) mass is 286 g/mol. The molecule has 0 fully saturated rings. The van der Waals surface area contributed by atoms with E-state index in [1.54, 1.807) is 6.07 Å². The van der Waals surface area contributed by atoms with Crippen LogP contribution in [0.5, 0.6) is 5.75 Å². The van der Waals surface area contributed by atoms with Crippen LogP contribution in [0.15, 0.2) is 42.5 Å². The highest BCUT2D eigenvalue weighted by molar-refractivity contribution is 6.31. The summed E-state index contributed by atoms with van der Waals surface area (Å²) in [6.07, 6.45) is 0.995. The number of nitrogens with zero attached hydrogens (tertiary/aromatic N) is 2. The summed E-state index contributed by atoms with van der Waals surface area (Å²) in [5, 5.41) is 10.7. The highest BCUT2D eigenvalue weighted by atomic mass is 35.5. The molecule has 0 saturated carbocycles. The van der Waals surface area contributed by atoms with Crippen molar-refractivity contribution in [2.45, 2.75) is 19.9 Å². The Balaban J connectivity index is 2.29. The number of aromatic nitrogens is 2. The van der Waals surface area contributed by atoms with Gasteiger partial charge in [-0.05, 0) is 36.8 Å². The molecule has 0 aliphatic carbocycles. The van der Waals surface area contributed by atoms with Crippen LogP contribution in [0.3, 0.4) is 0 Å². The number of aromatic hydroxyl groups is 1. The van der Waals surface area contributed by atoms with Gasteiger partial charge in [-0.25, -0.2) is 4.98 Å². The Morgan fingerprint density at radius 1 is 1.20 bits per heavy atom. The normalized spacial score (nSPS) is 11.1. The molecule has 4 heteroatoms. The fourth-order valence-electron chi connectivity index (χ4n) is 2.42. The number of halogens is 1. The molecule has 3 rings (SSSR count). The Morgan fingerprint density at radius 2 is 2.00 bits per heavy atom. The molecule has 2 aromatic carbocycles. The smallest absolute Gasteiger partial charge is 0.144 e. The van der Waals surface area contributed by atoms with Crippen molar-refractivity contribution in [3.63, 3.8) is 0 Å². The highest BCUT2D eigenvalue weighted by Gasteiger charge is 2.14. The maximum atomic E-state index is 10.1. The number of rotatable bonds is 3. The van der Waals surface area contributed by atoms with Crippen molar-refractivity contribution in [3.05, 3.63) is 47.5 Å². The highest BCUT2D eigenvalue weighted by Crippen LogP contribution is 2.32. The quantitative estimate of drug-likeness (QED) is 0.771. The zero-order chi connectivity index (χ0) is 14.1. The second kappa shape index (κ2) is 5.17. The van der Waals surface area contributed by atoms with E-state index in [0.29, 0.717) is 5.02 Å². The summed E-state index contributed by atoms with van der Waals surface area (Å²) in [5.74, 6) is 1.02. The molecule has 0 atom stereocenters. The number of imidazole rings is 1. The average Bonchev–Trinajstić information content (AvgIpc) is 2.77. The summed E-state index contributed by atoms with van der Waals surface area (Å²) in [7, 11) is 0. The van der Waals surface area contributed by atoms with Crippen molar-refractivity contribution in [1.82, 2.24) is 9.55 Å². The molecule has 20 heavy (non-hydrogen) atoms. The fraction of sp³-hybridized carbons (Fsp3) is 0.188. The summed E-state index contributed by atoms with van der Waals surface area (Å²) in [6, 6.07) is 13.0. The van der Waals surface area contributed by atoms with Crippen molar-refractivity contribution < 1.29 is 5.11 Å². The van der Waals surface area contributed by atoms with Crippen LogP contribution in [0.1, 0.15) is 13.3 Å². The minimum absolute atomic E-state index is 0.242. The standard InChI is InChI=1S/C16H15ClN2O/c1-2-9-19-14-8-7-11(17)10-13(14)18-16(19)12-5-3-4-6-15(12)20/h3-8,10,20H,2,9H2,1H3. The largest absolute Gasteiger partial charge is 0.507 e. The van der Waals surface area contributed by atoms with Crippen molar-refractivity contribution in [2.24, 2.45) is 0 Å². The lowest BCUT2D eigenvalue weighted by Crippen LogP contribution is -1.99. The molecule has 1 N–H and O–H groups in total. The number of fused-ring (bicyclic) bond motifs is 1. The Hall–Kier alpha value is -2.00. The topological polar surface area (TPSA) is 38.0 Å². The van der Waals surface area contributed by atoms with Crippen molar-refractivity contribution in [2.75, 3.05) is 0 Å². The van der Waals surface area contributed by atoms with Crippen LogP contribution in [-0.2, 0) is 6.54 Å². The predicted octanol–water partition coefficient (Wildman–Crippen LogP) is 4.47. The molecule has 0 bridgehead atoms. The van der Waals surface area contributed by atoms with Crippen LogP contribution >= 0.6 is 11.6 Å². The number of benzene rings is 2. The van der Waals surface area contributed by atoms with E-state index < -0.39 is 0 Å². The Labute approximate surface area is 122 Å². The number of hydrogen-bond donors (Lipinski definition) is 1. The van der Waals surface area contributed by atoms with Crippen LogP contribution in [0, 0.1) is 0 Å². The molecule has 102 valence electrons. The van der Waals surface area contributed by atoms with Gasteiger partial charge in [-0.1, -0.05) is 30.7 Å². The zero-order valence-electron chi connectivity index (χ0n) is 11.2. The molecule has 0 radical (unpaired) electrons.